The molecular formula is C8H15NO. The number of nitrogens with zero attached hydrogens (tertiary/aromatic N) is 1. The fraction of sp³-hybridized carbons (Fsp3) is 0.875. The molecule has 0 aromatic heterocycles. The first-order valence-corrected chi connectivity index (χ1v) is 3.83. The number of rotatable bonds is 3. The van der Waals surface area contributed by atoms with E-state index in [2.05, 4.69) is 0 Å². The molecule has 0 bridgehead atoms. The molecule has 0 aromatic rings. The molecule has 2 nitrogen and oxygen atoms in total. The minimum atomic E-state index is 0.118. The zero-order chi connectivity index (χ0) is 7.72. The van der Waals surface area contributed by atoms with Crippen molar-refractivity contribution < 1.29 is 4.79 Å². The molecule has 0 N–H and O–H groups in total. The van der Waals surface area contributed by atoms with E-state index in [-0.39, 0.29) is 6.04 Å². The van der Waals surface area contributed by atoms with Crippen molar-refractivity contribution in [3.05, 3.63) is 0 Å². The van der Waals surface area contributed by atoms with Crippen LogP contribution in [0.4, 0.5) is 0 Å². The van der Waals surface area contributed by atoms with Crippen LogP contribution in [0.5, 0.6) is 0 Å². The predicted molar refractivity (Wildman–Crippen MR) is 40.9 cm³/mol. The van der Waals surface area contributed by atoms with Crippen molar-refractivity contribution in [2.24, 2.45) is 5.92 Å². The minimum absolute atomic E-state index is 0.118. The van der Waals surface area contributed by atoms with E-state index >= 15 is 0 Å². The van der Waals surface area contributed by atoms with Gasteiger partial charge in [-0.3, -0.25) is 9.69 Å². The molecule has 1 saturated carbocycles. The van der Waals surface area contributed by atoms with Crippen molar-refractivity contribution in [3.63, 3.8) is 0 Å². The second kappa shape index (κ2) is 2.70. The first-order chi connectivity index (χ1) is 4.63. The van der Waals surface area contributed by atoms with Crippen molar-refractivity contribution in [1.29, 1.82) is 0 Å². The second-order valence-electron chi connectivity index (χ2n) is 3.32. The van der Waals surface area contributed by atoms with E-state index in [0.717, 1.165) is 12.8 Å². The monoisotopic (exact) mass is 141 g/mol. The SMILES string of the molecule is C[C@H](C(=O)C1CC1)N(C)C. The van der Waals surface area contributed by atoms with Crippen LogP contribution in [0.2, 0.25) is 0 Å². The Kier molecular flexibility index (Phi) is 2.09. The van der Waals surface area contributed by atoms with Crippen LogP contribution in [-0.2, 0) is 4.79 Å². The molecule has 1 fully saturated rings. The van der Waals surface area contributed by atoms with Crippen LogP contribution in [0.3, 0.4) is 0 Å². The minimum Gasteiger partial charge on any atom is -0.300 e. The normalized spacial score (nSPS) is 21.2. The molecule has 0 radical (unpaired) electrons. The Balaban J connectivity index is 2.38. The number of Topliss-reactive ketones (excluding diaryl/α,β-unsaturated/α-hetero) is 1. The number of carbonyl (C=O) groups is 1. The van der Waals surface area contributed by atoms with Gasteiger partial charge in [-0.05, 0) is 33.9 Å². The Labute approximate surface area is 62.2 Å². The zero-order valence-electron chi connectivity index (χ0n) is 6.92. The van der Waals surface area contributed by atoms with Gasteiger partial charge in [0.1, 0.15) is 0 Å². The third kappa shape index (κ3) is 1.57. The Morgan fingerprint density at radius 1 is 1.50 bits per heavy atom. The van der Waals surface area contributed by atoms with E-state index in [0.29, 0.717) is 11.7 Å². The van der Waals surface area contributed by atoms with Gasteiger partial charge in [0.2, 0.25) is 0 Å². The smallest absolute Gasteiger partial charge is 0.152 e. The van der Waals surface area contributed by atoms with Gasteiger partial charge < -0.3 is 0 Å². The Morgan fingerprint density at radius 3 is 2.30 bits per heavy atom. The van der Waals surface area contributed by atoms with E-state index in [1.165, 1.54) is 0 Å². The van der Waals surface area contributed by atoms with Gasteiger partial charge in [0, 0.05) is 5.92 Å². The van der Waals surface area contributed by atoms with Gasteiger partial charge in [0.15, 0.2) is 5.78 Å². The number of likely N-dealkylation sites (N-methyl/N-ethyl adjacent to an activating group) is 1. The van der Waals surface area contributed by atoms with Crippen molar-refractivity contribution in [2.45, 2.75) is 25.8 Å². The van der Waals surface area contributed by atoms with Crippen LogP contribution in [0.15, 0.2) is 0 Å². The van der Waals surface area contributed by atoms with Crippen molar-refractivity contribution in [2.75, 3.05) is 14.1 Å². The van der Waals surface area contributed by atoms with Crippen molar-refractivity contribution in [1.82, 2.24) is 4.90 Å². The van der Waals surface area contributed by atoms with Crippen molar-refractivity contribution in [3.8, 4) is 0 Å². The van der Waals surface area contributed by atoms with Crippen LogP contribution in [0.1, 0.15) is 19.8 Å². The predicted octanol–water partition coefficient (Wildman–Crippen LogP) is 0.916. The lowest BCUT2D eigenvalue weighted by Crippen LogP contribution is -2.33. The summed E-state index contributed by atoms with van der Waals surface area (Å²) in [6.45, 7) is 1.97. The maximum absolute atomic E-state index is 11.3. The van der Waals surface area contributed by atoms with Gasteiger partial charge in [-0.15, -0.1) is 0 Å². The molecule has 0 spiro atoms. The molecule has 0 unspecified atom stereocenters. The molecule has 0 amide bonds. The Hall–Kier alpha value is -0.370. The summed E-state index contributed by atoms with van der Waals surface area (Å²) < 4.78 is 0. The molecule has 58 valence electrons. The van der Waals surface area contributed by atoms with Gasteiger partial charge in [-0.1, -0.05) is 0 Å². The molecule has 0 heterocycles. The van der Waals surface area contributed by atoms with Gasteiger partial charge in [-0.25, -0.2) is 0 Å². The van der Waals surface area contributed by atoms with Crippen LogP contribution in [0.25, 0.3) is 0 Å². The highest BCUT2D eigenvalue weighted by Gasteiger charge is 2.33. The summed E-state index contributed by atoms with van der Waals surface area (Å²) in [4.78, 5) is 13.3. The number of ketones is 1. The highest BCUT2D eigenvalue weighted by molar-refractivity contribution is 5.87. The van der Waals surface area contributed by atoms with Gasteiger partial charge in [0.25, 0.3) is 0 Å². The van der Waals surface area contributed by atoms with Gasteiger partial charge in [-0.2, -0.15) is 0 Å². The first kappa shape index (κ1) is 7.73. The summed E-state index contributed by atoms with van der Waals surface area (Å²) in [5, 5.41) is 0. The molecule has 0 aliphatic heterocycles. The number of hydrogen-bond donors (Lipinski definition) is 0. The average Bonchev–Trinajstić information content (AvgIpc) is 2.65. The molecule has 1 aliphatic carbocycles. The summed E-state index contributed by atoms with van der Waals surface area (Å²) in [7, 11) is 3.90. The van der Waals surface area contributed by atoms with E-state index in [4.69, 9.17) is 0 Å². The van der Waals surface area contributed by atoms with Gasteiger partial charge >= 0.3 is 0 Å². The molecule has 10 heavy (non-hydrogen) atoms. The zero-order valence-corrected chi connectivity index (χ0v) is 6.92. The van der Waals surface area contributed by atoms with E-state index < -0.39 is 0 Å². The highest BCUT2D eigenvalue weighted by atomic mass is 16.1. The average molecular weight is 141 g/mol. The molecule has 0 aromatic carbocycles. The van der Waals surface area contributed by atoms with Gasteiger partial charge in [0.05, 0.1) is 6.04 Å². The number of carbonyl (C=O) groups excluding carboxylic acids is 1. The molecule has 1 atom stereocenters. The number of hydrogen-bond acceptors (Lipinski definition) is 2. The van der Waals surface area contributed by atoms with Crippen LogP contribution >= 0.6 is 0 Å². The third-order valence-electron chi connectivity index (χ3n) is 2.17. The summed E-state index contributed by atoms with van der Waals surface area (Å²) in [6.07, 6.45) is 2.24. The highest BCUT2D eigenvalue weighted by Crippen LogP contribution is 2.31. The Bertz CT molecular complexity index is 138. The fourth-order valence-electron chi connectivity index (χ4n) is 0.963. The topological polar surface area (TPSA) is 20.3 Å². The molecule has 0 saturated heterocycles. The summed E-state index contributed by atoms with van der Waals surface area (Å²) in [6, 6.07) is 0.118. The van der Waals surface area contributed by atoms with Crippen LogP contribution in [0, 0.1) is 5.92 Å². The maximum atomic E-state index is 11.3. The Morgan fingerprint density at radius 2 is 2.00 bits per heavy atom. The summed E-state index contributed by atoms with van der Waals surface area (Å²) >= 11 is 0. The molecule has 2 heteroatoms. The van der Waals surface area contributed by atoms with Crippen LogP contribution < -0.4 is 0 Å². The van der Waals surface area contributed by atoms with E-state index in [1.807, 2.05) is 25.9 Å². The third-order valence-corrected chi connectivity index (χ3v) is 2.17. The van der Waals surface area contributed by atoms with Crippen LogP contribution in [-0.4, -0.2) is 30.8 Å². The molecule has 1 rings (SSSR count). The maximum Gasteiger partial charge on any atom is 0.152 e. The quantitative estimate of drug-likeness (QED) is 0.582. The van der Waals surface area contributed by atoms with E-state index in [1.54, 1.807) is 0 Å². The fourth-order valence-corrected chi connectivity index (χ4v) is 0.963. The largest absolute Gasteiger partial charge is 0.300 e. The van der Waals surface area contributed by atoms with E-state index in [9.17, 15) is 4.79 Å². The lowest BCUT2D eigenvalue weighted by atomic mass is 10.1. The summed E-state index contributed by atoms with van der Waals surface area (Å²) in [5.74, 6) is 0.822. The lowest BCUT2D eigenvalue weighted by Gasteiger charge is -2.17. The van der Waals surface area contributed by atoms with Crippen molar-refractivity contribution >= 4 is 5.78 Å². The second-order valence-corrected chi connectivity index (χ2v) is 3.32. The first-order valence-electron chi connectivity index (χ1n) is 3.83. The molecular weight excluding hydrogens is 126 g/mol. The molecule has 1 aliphatic rings. The lowest BCUT2D eigenvalue weighted by molar-refractivity contribution is -0.124. The summed E-state index contributed by atoms with van der Waals surface area (Å²) in [5.41, 5.74) is 0. The standard InChI is InChI=1S/C8H15NO/c1-6(9(2)3)8(10)7-4-5-7/h6-7H,4-5H2,1-3H3/t6-/m1/s1.